The number of benzene rings is 2. The van der Waals surface area contributed by atoms with E-state index in [9.17, 15) is 9.59 Å². The highest BCUT2D eigenvalue weighted by atomic mass is 16.5. The minimum Gasteiger partial charge on any atom is -0.484 e. The molecule has 0 unspecified atom stereocenters. The van der Waals surface area contributed by atoms with E-state index in [1.807, 2.05) is 24.3 Å². The van der Waals surface area contributed by atoms with Gasteiger partial charge in [0, 0.05) is 17.0 Å². The molecule has 5 heteroatoms. The van der Waals surface area contributed by atoms with Gasteiger partial charge >= 0.3 is 5.63 Å². The second-order valence-electron chi connectivity index (χ2n) is 7.86. The zero-order chi connectivity index (χ0) is 19.8. The number of aryl methyl sites for hydroxylation is 2. The van der Waals surface area contributed by atoms with Crippen molar-refractivity contribution in [3.8, 4) is 5.75 Å². The van der Waals surface area contributed by atoms with Crippen LogP contribution in [0.4, 0.5) is 0 Å². The van der Waals surface area contributed by atoms with E-state index in [4.69, 9.17) is 9.15 Å². The molecule has 0 aliphatic heterocycles. The van der Waals surface area contributed by atoms with Crippen molar-refractivity contribution < 1.29 is 13.9 Å². The molecule has 0 spiro atoms. The Bertz CT molecular complexity index is 1150. The van der Waals surface area contributed by atoms with Crippen LogP contribution < -0.4 is 15.7 Å². The van der Waals surface area contributed by atoms with Crippen LogP contribution in [0.5, 0.6) is 5.75 Å². The van der Waals surface area contributed by atoms with E-state index in [0.29, 0.717) is 11.3 Å². The molecule has 5 nitrogen and oxygen atoms in total. The second kappa shape index (κ2) is 7.39. The van der Waals surface area contributed by atoms with Gasteiger partial charge < -0.3 is 14.5 Å². The monoisotopic (exact) mass is 389 g/mol. The van der Waals surface area contributed by atoms with E-state index in [0.717, 1.165) is 55.0 Å². The Morgan fingerprint density at radius 2 is 1.93 bits per heavy atom. The number of amides is 1. The maximum atomic E-state index is 12.5. The molecule has 1 atom stereocenters. The highest BCUT2D eigenvalue weighted by Gasteiger charge is 2.22. The molecule has 0 bridgehead atoms. The standard InChI is InChI=1S/C24H23NO4/c26-23(25-21-10-3-6-15-5-1-2-7-17(15)21)14-28-16-11-12-19-18-8-4-9-20(18)24(27)29-22(19)13-16/h1-2,5,7,11-13,21H,3-4,6,8-10,14H2,(H,25,26)/t21-/m0/s1. The Morgan fingerprint density at radius 3 is 2.86 bits per heavy atom. The quantitative estimate of drug-likeness (QED) is 0.688. The molecule has 2 aliphatic rings. The first kappa shape index (κ1) is 18.0. The van der Waals surface area contributed by atoms with Gasteiger partial charge in [0.15, 0.2) is 6.61 Å². The van der Waals surface area contributed by atoms with Crippen molar-refractivity contribution in [2.75, 3.05) is 6.61 Å². The van der Waals surface area contributed by atoms with Crippen molar-refractivity contribution in [1.82, 2.24) is 5.32 Å². The average Bonchev–Trinajstić information content (AvgIpc) is 3.23. The lowest BCUT2D eigenvalue weighted by atomic mass is 9.88. The summed E-state index contributed by atoms with van der Waals surface area (Å²) in [6.45, 7) is -0.0701. The minimum atomic E-state index is -0.254. The number of rotatable bonds is 4. The minimum absolute atomic E-state index is 0.0354. The first-order valence-corrected chi connectivity index (χ1v) is 10.3. The van der Waals surface area contributed by atoms with E-state index >= 15 is 0 Å². The fourth-order valence-corrected chi connectivity index (χ4v) is 4.64. The van der Waals surface area contributed by atoms with Crippen LogP contribution in [0.2, 0.25) is 0 Å². The predicted molar refractivity (Wildman–Crippen MR) is 110 cm³/mol. The molecule has 0 saturated heterocycles. The fraction of sp³-hybridized carbons (Fsp3) is 0.333. The van der Waals surface area contributed by atoms with Crippen LogP contribution >= 0.6 is 0 Å². The van der Waals surface area contributed by atoms with Crippen LogP contribution in [-0.4, -0.2) is 12.5 Å². The van der Waals surface area contributed by atoms with Crippen molar-refractivity contribution >= 4 is 16.9 Å². The predicted octanol–water partition coefficient (Wildman–Crippen LogP) is 3.85. The summed E-state index contributed by atoms with van der Waals surface area (Å²) in [6, 6.07) is 13.8. The first-order chi connectivity index (χ1) is 14.2. The van der Waals surface area contributed by atoms with Crippen molar-refractivity contribution in [3.63, 3.8) is 0 Å². The molecule has 2 aliphatic carbocycles. The van der Waals surface area contributed by atoms with E-state index in [-0.39, 0.29) is 24.2 Å². The summed E-state index contributed by atoms with van der Waals surface area (Å²) >= 11 is 0. The highest BCUT2D eigenvalue weighted by Crippen LogP contribution is 2.30. The summed E-state index contributed by atoms with van der Waals surface area (Å²) < 4.78 is 11.2. The topological polar surface area (TPSA) is 68.5 Å². The largest absolute Gasteiger partial charge is 0.484 e. The van der Waals surface area contributed by atoms with Crippen LogP contribution in [-0.2, 0) is 24.1 Å². The molecule has 3 aromatic rings. The van der Waals surface area contributed by atoms with Gasteiger partial charge in [-0.3, -0.25) is 4.79 Å². The Hall–Kier alpha value is -3.08. The number of carbonyl (C=O) groups is 1. The van der Waals surface area contributed by atoms with Crippen LogP contribution in [0.15, 0.2) is 51.7 Å². The Kier molecular flexibility index (Phi) is 4.58. The normalized spacial score (nSPS) is 17.6. The molecule has 0 radical (unpaired) electrons. The van der Waals surface area contributed by atoms with E-state index in [2.05, 4.69) is 17.4 Å². The van der Waals surface area contributed by atoms with Crippen molar-refractivity contribution in [1.29, 1.82) is 0 Å². The maximum absolute atomic E-state index is 12.5. The molecule has 1 N–H and O–H groups in total. The summed E-state index contributed by atoms with van der Waals surface area (Å²) in [5.41, 5.74) is 4.68. The van der Waals surface area contributed by atoms with Gasteiger partial charge in [0.25, 0.3) is 5.91 Å². The molecule has 5 rings (SSSR count). The summed E-state index contributed by atoms with van der Waals surface area (Å²) in [4.78, 5) is 24.6. The first-order valence-electron chi connectivity index (χ1n) is 10.3. The molecule has 148 valence electrons. The Morgan fingerprint density at radius 1 is 1.07 bits per heavy atom. The number of nitrogens with one attached hydrogen (secondary N) is 1. The maximum Gasteiger partial charge on any atom is 0.339 e. The van der Waals surface area contributed by atoms with Gasteiger partial charge in [-0.1, -0.05) is 24.3 Å². The van der Waals surface area contributed by atoms with Gasteiger partial charge in [-0.05, 0) is 67.3 Å². The third-order valence-electron chi connectivity index (χ3n) is 6.02. The Balaban J connectivity index is 1.28. The molecule has 29 heavy (non-hydrogen) atoms. The number of carbonyl (C=O) groups excluding carboxylic acids is 1. The molecule has 2 aromatic carbocycles. The third-order valence-corrected chi connectivity index (χ3v) is 6.02. The second-order valence-corrected chi connectivity index (χ2v) is 7.86. The summed E-state index contributed by atoms with van der Waals surface area (Å²) in [5, 5.41) is 4.05. The summed E-state index contributed by atoms with van der Waals surface area (Å²) in [7, 11) is 0. The van der Waals surface area contributed by atoms with Crippen LogP contribution in [0, 0.1) is 0 Å². The molecule has 1 amide bonds. The van der Waals surface area contributed by atoms with Gasteiger partial charge in [0.2, 0.25) is 0 Å². The average molecular weight is 389 g/mol. The van der Waals surface area contributed by atoms with Crippen LogP contribution in [0.3, 0.4) is 0 Å². The molecule has 0 fully saturated rings. The lowest BCUT2D eigenvalue weighted by molar-refractivity contribution is -0.123. The van der Waals surface area contributed by atoms with Crippen molar-refractivity contribution in [2.45, 2.75) is 44.6 Å². The number of ether oxygens (including phenoxy) is 1. The molecular weight excluding hydrogens is 366 g/mol. The molecular formula is C24H23NO4. The molecule has 0 saturated carbocycles. The van der Waals surface area contributed by atoms with Crippen LogP contribution in [0.1, 0.15) is 47.6 Å². The number of hydrogen-bond donors (Lipinski definition) is 1. The zero-order valence-electron chi connectivity index (χ0n) is 16.2. The van der Waals surface area contributed by atoms with Crippen LogP contribution in [0.25, 0.3) is 11.0 Å². The molecule has 1 aromatic heterocycles. The van der Waals surface area contributed by atoms with E-state index in [1.165, 1.54) is 11.1 Å². The van der Waals surface area contributed by atoms with Gasteiger partial charge in [0.05, 0.1) is 6.04 Å². The van der Waals surface area contributed by atoms with Crippen molar-refractivity contribution in [3.05, 3.63) is 75.1 Å². The van der Waals surface area contributed by atoms with E-state index in [1.54, 1.807) is 6.07 Å². The van der Waals surface area contributed by atoms with Gasteiger partial charge in [-0.2, -0.15) is 0 Å². The van der Waals surface area contributed by atoms with Gasteiger partial charge in [-0.15, -0.1) is 0 Å². The third kappa shape index (κ3) is 3.41. The smallest absolute Gasteiger partial charge is 0.339 e. The SMILES string of the molecule is O=C(COc1ccc2c3c(c(=O)oc2c1)CCC3)N[C@H]1CCCc2ccccc21. The molecule has 1 heterocycles. The number of hydrogen-bond acceptors (Lipinski definition) is 4. The lowest BCUT2D eigenvalue weighted by Crippen LogP contribution is -2.34. The lowest BCUT2D eigenvalue weighted by Gasteiger charge is -2.26. The van der Waals surface area contributed by atoms with Gasteiger partial charge in [0.1, 0.15) is 11.3 Å². The highest BCUT2D eigenvalue weighted by molar-refractivity contribution is 5.83. The summed E-state index contributed by atoms with van der Waals surface area (Å²) in [5.74, 6) is 0.375. The van der Waals surface area contributed by atoms with E-state index < -0.39 is 0 Å². The summed E-state index contributed by atoms with van der Waals surface area (Å²) in [6.07, 6.45) is 5.75. The zero-order valence-corrected chi connectivity index (χ0v) is 16.2. The van der Waals surface area contributed by atoms with Crippen molar-refractivity contribution in [2.24, 2.45) is 0 Å². The Labute approximate surface area is 168 Å². The van der Waals surface area contributed by atoms with Gasteiger partial charge in [-0.25, -0.2) is 4.79 Å². The number of fused-ring (bicyclic) bond motifs is 4. The fourth-order valence-electron chi connectivity index (χ4n) is 4.64.